The molecule has 1 aromatic heterocycles. The first-order chi connectivity index (χ1) is 6.58. The number of carboxylic acid groups (broad SMARTS) is 1. The van der Waals surface area contributed by atoms with Gasteiger partial charge in [-0.3, -0.25) is 9.69 Å². The molecule has 0 unspecified atom stereocenters. The van der Waals surface area contributed by atoms with E-state index >= 15 is 0 Å². The molecule has 78 valence electrons. The Morgan fingerprint density at radius 1 is 1.64 bits per heavy atom. The predicted molar refractivity (Wildman–Crippen MR) is 55.0 cm³/mol. The second-order valence-corrected chi connectivity index (χ2v) is 3.87. The Labute approximate surface area is 90.6 Å². The Kier molecular flexibility index (Phi) is 4.16. The molecular formula is C9H12BrNO3. The van der Waals surface area contributed by atoms with Crippen LogP contribution in [0.4, 0.5) is 0 Å². The summed E-state index contributed by atoms with van der Waals surface area (Å²) < 4.78 is 5.98. The van der Waals surface area contributed by atoms with Crippen molar-refractivity contribution in [1.29, 1.82) is 0 Å². The van der Waals surface area contributed by atoms with Crippen LogP contribution in [0.5, 0.6) is 0 Å². The summed E-state index contributed by atoms with van der Waals surface area (Å²) in [6.45, 7) is 1.15. The minimum Gasteiger partial charge on any atom is -0.481 e. The highest BCUT2D eigenvalue weighted by molar-refractivity contribution is 9.10. The van der Waals surface area contributed by atoms with E-state index in [9.17, 15) is 4.79 Å². The van der Waals surface area contributed by atoms with Gasteiger partial charge in [-0.1, -0.05) is 0 Å². The van der Waals surface area contributed by atoms with Gasteiger partial charge in [0.2, 0.25) is 0 Å². The molecule has 0 aliphatic rings. The minimum absolute atomic E-state index is 0.151. The number of nitrogens with zero attached hydrogens (tertiary/aromatic N) is 1. The first-order valence-corrected chi connectivity index (χ1v) is 5.02. The van der Waals surface area contributed by atoms with Gasteiger partial charge >= 0.3 is 5.97 Å². The average Bonchev–Trinajstić information content (AvgIpc) is 2.48. The molecule has 0 amide bonds. The zero-order valence-electron chi connectivity index (χ0n) is 7.86. The molecule has 0 atom stereocenters. The number of hydrogen-bond donors (Lipinski definition) is 1. The van der Waals surface area contributed by atoms with E-state index in [1.165, 1.54) is 0 Å². The zero-order chi connectivity index (χ0) is 10.6. The van der Waals surface area contributed by atoms with Gasteiger partial charge in [0.05, 0.1) is 13.0 Å². The lowest BCUT2D eigenvalue weighted by Gasteiger charge is -2.12. The van der Waals surface area contributed by atoms with Gasteiger partial charge in [-0.25, -0.2) is 0 Å². The summed E-state index contributed by atoms with van der Waals surface area (Å²) in [6.07, 6.45) is 0.151. The fourth-order valence-corrected chi connectivity index (χ4v) is 1.41. The van der Waals surface area contributed by atoms with E-state index in [1.807, 2.05) is 24.1 Å². The molecule has 0 bridgehead atoms. The minimum atomic E-state index is -0.780. The van der Waals surface area contributed by atoms with Crippen molar-refractivity contribution in [2.45, 2.75) is 13.0 Å². The van der Waals surface area contributed by atoms with E-state index in [0.717, 1.165) is 5.76 Å². The molecule has 1 N–H and O–H groups in total. The van der Waals surface area contributed by atoms with Crippen LogP contribution in [-0.4, -0.2) is 29.6 Å². The number of rotatable bonds is 5. The molecule has 4 nitrogen and oxygen atoms in total. The molecular weight excluding hydrogens is 250 g/mol. The number of aliphatic carboxylic acids is 1. The van der Waals surface area contributed by atoms with Crippen LogP contribution in [0, 0.1) is 0 Å². The molecule has 0 aliphatic heterocycles. The van der Waals surface area contributed by atoms with E-state index in [-0.39, 0.29) is 6.42 Å². The molecule has 0 aromatic carbocycles. The van der Waals surface area contributed by atoms with Crippen LogP contribution in [0.2, 0.25) is 0 Å². The Bertz CT molecular complexity index is 311. The van der Waals surface area contributed by atoms with Crippen molar-refractivity contribution in [2.24, 2.45) is 0 Å². The average molecular weight is 262 g/mol. The van der Waals surface area contributed by atoms with E-state index in [1.54, 1.807) is 0 Å². The van der Waals surface area contributed by atoms with E-state index in [2.05, 4.69) is 15.9 Å². The summed E-state index contributed by atoms with van der Waals surface area (Å²) in [4.78, 5) is 12.2. The van der Waals surface area contributed by atoms with Gasteiger partial charge in [0, 0.05) is 6.54 Å². The maximum Gasteiger partial charge on any atom is 0.304 e. The van der Waals surface area contributed by atoms with E-state index in [4.69, 9.17) is 9.52 Å². The monoisotopic (exact) mass is 261 g/mol. The highest BCUT2D eigenvalue weighted by Gasteiger charge is 2.05. The van der Waals surface area contributed by atoms with E-state index in [0.29, 0.717) is 17.8 Å². The summed E-state index contributed by atoms with van der Waals surface area (Å²) in [7, 11) is 1.86. The van der Waals surface area contributed by atoms with Crippen molar-refractivity contribution in [3.63, 3.8) is 0 Å². The van der Waals surface area contributed by atoms with Gasteiger partial charge in [0.1, 0.15) is 5.76 Å². The van der Waals surface area contributed by atoms with Crippen molar-refractivity contribution in [1.82, 2.24) is 4.90 Å². The third kappa shape index (κ3) is 3.93. The van der Waals surface area contributed by atoms with Crippen LogP contribution in [0.3, 0.4) is 0 Å². The third-order valence-electron chi connectivity index (χ3n) is 1.76. The molecule has 0 saturated carbocycles. The molecule has 0 aliphatic carbocycles. The fraction of sp³-hybridized carbons (Fsp3) is 0.444. The number of hydrogen-bond acceptors (Lipinski definition) is 3. The standard InChI is InChI=1S/C9H12BrNO3/c1-11(5-4-9(12)13)6-7-2-3-8(10)14-7/h2-3H,4-6H2,1H3,(H,12,13). The second kappa shape index (κ2) is 5.17. The summed E-state index contributed by atoms with van der Waals surface area (Å²) in [6, 6.07) is 3.68. The van der Waals surface area contributed by atoms with Gasteiger partial charge in [0.25, 0.3) is 0 Å². The van der Waals surface area contributed by atoms with Gasteiger partial charge in [0.15, 0.2) is 4.67 Å². The maximum absolute atomic E-state index is 10.3. The van der Waals surface area contributed by atoms with Crippen molar-refractivity contribution in [2.75, 3.05) is 13.6 Å². The zero-order valence-corrected chi connectivity index (χ0v) is 9.45. The molecule has 1 rings (SSSR count). The Morgan fingerprint density at radius 3 is 2.86 bits per heavy atom. The van der Waals surface area contributed by atoms with Gasteiger partial charge in [-0.05, 0) is 35.1 Å². The molecule has 1 aromatic rings. The lowest BCUT2D eigenvalue weighted by Crippen LogP contribution is -2.20. The van der Waals surface area contributed by atoms with E-state index < -0.39 is 5.97 Å². The fourth-order valence-electron chi connectivity index (χ4n) is 1.07. The summed E-state index contributed by atoms with van der Waals surface area (Å²) >= 11 is 3.20. The quantitative estimate of drug-likeness (QED) is 0.881. The van der Waals surface area contributed by atoms with Crippen LogP contribution >= 0.6 is 15.9 Å². The Morgan fingerprint density at radius 2 is 2.36 bits per heavy atom. The number of halogens is 1. The van der Waals surface area contributed by atoms with Crippen LogP contribution in [0.25, 0.3) is 0 Å². The predicted octanol–water partition coefficient (Wildman–Crippen LogP) is 1.95. The number of carboxylic acids is 1. The van der Waals surface area contributed by atoms with Crippen LogP contribution in [0.15, 0.2) is 21.2 Å². The summed E-state index contributed by atoms with van der Waals surface area (Å²) in [5, 5.41) is 8.47. The first kappa shape index (κ1) is 11.3. The van der Waals surface area contributed by atoms with Gasteiger partial charge in [-0.2, -0.15) is 0 Å². The summed E-state index contributed by atoms with van der Waals surface area (Å²) in [5.41, 5.74) is 0. The SMILES string of the molecule is CN(CCC(=O)O)Cc1ccc(Br)o1. The molecule has 0 spiro atoms. The molecule has 0 saturated heterocycles. The second-order valence-electron chi connectivity index (χ2n) is 3.09. The molecule has 5 heteroatoms. The molecule has 1 heterocycles. The first-order valence-electron chi connectivity index (χ1n) is 4.22. The number of carbonyl (C=O) groups is 1. The number of furan rings is 1. The van der Waals surface area contributed by atoms with Crippen molar-refractivity contribution in [3.8, 4) is 0 Å². The highest BCUT2D eigenvalue weighted by atomic mass is 79.9. The Hall–Kier alpha value is -0.810. The summed E-state index contributed by atoms with van der Waals surface area (Å²) in [5.74, 6) is 0.0437. The van der Waals surface area contributed by atoms with Crippen LogP contribution in [0.1, 0.15) is 12.2 Å². The topological polar surface area (TPSA) is 53.7 Å². The third-order valence-corrected chi connectivity index (χ3v) is 2.19. The Balaban J connectivity index is 2.33. The van der Waals surface area contributed by atoms with Gasteiger partial charge < -0.3 is 9.52 Å². The lowest BCUT2D eigenvalue weighted by atomic mass is 10.3. The largest absolute Gasteiger partial charge is 0.481 e. The van der Waals surface area contributed by atoms with Crippen LogP contribution in [-0.2, 0) is 11.3 Å². The lowest BCUT2D eigenvalue weighted by molar-refractivity contribution is -0.137. The highest BCUT2D eigenvalue weighted by Crippen LogP contribution is 2.15. The van der Waals surface area contributed by atoms with Gasteiger partial charge in [-0.15, -0.1) is 0 Å². The maximum atomic E-state index is 10.3. The molecule has 0 fully saturated rings. The van der Waals surface area contributed by atoms with Crippen LogP contribution < -0.4 is 0 Å². The smallest absolute Gasteiger partial charge is 0.304 e. The van der Waals surface area contributed by atoms with Crippen molar-refractivity contribution < 1.29 is 14.3 Å². The normalized spacial score (nSPS) is 10.8. The van der Waals surface area contributed by atoms with Crippen molar-refractivity contribution in [3.05, 3.63) is 22.6 Å². The molecule has 0 radical (unpaired) electrons. The molecule has 14 heavy (non-hydrogen) atoms. The van der Waals surface area contributed by atoms with Crippen molar-refractivity contribution >= 4 is 21.9 Å².